The molecule has 0 saturated carbocycles. The summed E-state index contributed by atoms with van der Waals surface area (Å²) in [5.74, 6) is 1.23. The van der Waals surface area contributed by atoms with E-state index in [1.165, 1.54) is 10.4 Å². The molecular formula is C18H25N3O2S. The zero-order chi connectivity index (χ0) is 16.9. The molecule has 5 nitrogen and oxygen atoms in total. The summed E-state index contributed by atoms with van der Waals surface area (Å²) < 4.78 is 5.61. The fourth-order valence-corrected chi connectivity index (χ4v) is 3.49. The van der Waals surface area contributed by atoms with E-state index in [4.69, 9.17) is 9.72 Å². The summed E-state index contributed by atoms with van der Waals surface area (Å²) in [7, 11) is 0. The molecule has 0 saturated heterocycles. The van der Waals surface area contributed by atoms with E-state index in [-0.39, 0.29) is 0 Å². The number of fused-ring (bicyclic) bond motifs is 1. The van der Waals surface area contributed by atoms with E-state index in [1.807, 2.05) is 23.7 Å². The maximum absolute atomic E-state index is 10.2. The molecule has 0 bridgehead atoms. The molecule has 2 aromatic heterocycles. The van der Waals surface area contributed by atoms with Crippen molar-refractivity contribution >= 4 is 11.3 Å². The largest absolute Gasteiger partial charge is 0.389 e. The van der Waals surface area contributed by atoms with Gasteiger partial charge in [0.05, 0.1) is 25.0 Å². The van der Waals surface area contributed by atoms with E-state index in [1.54, 1.807) is 11.3 Å². The molecule has 3 rings (SSSR count). The fraction of sp³-hybridized carbons (Fsp3) is 0.556. The Balaban J connectivity index is 1.48. The van der Waals surface area contributed by atoms with Crippen LogP contribution in [0.2, 0.25) is 0 Å². The number of aromatic nitrogens is 2. The van der Waals surface area contributed by atoms with Crippen LogP contribution in [0.25, 0.3) is 0 Å². The molecule has 6 heteroatoms. The topological polar surface area (TPSA) is 58.5 Å². The number of hydrogen-bond acceptors (Lipinski definition) is 6. The highest BCUT2D eigenvalue weighted by Gasteiger charge is 2.21. The standard InChI is InChI=1S/C18H25N3O2S/c1-13(2)18-19-8-14-5-6-21(10-17(14)20-18)9-15(22)11-23-12-16-4-3-7-24-16/h3-4,7-8,13,15,22H,5-6,9-12H2,1-2H3/t15-/m0/s1. The zero-order valence-electron chi connectivity index (χ0n) is 14.3. The summed E-state index contributed by atoms with van der Waals surface area (Å²) in [5.41, 5.74) is 2.34. The highest BCUT2D eigenvalue weighted by molar-refractivity contribution is 7.09. The van der Waals surface area contributed by atoms with Gasteiger partial charge in [-0.25, -0.2) is 9.97 Å². The molecule has 24 heavy (non-hydrogen) atoms. The molecule has 0 aromatic carbocycles. The average Bonchev–Trinajstić information content (AvgIpc) is 3.07. The maximum Gasteiger partial charge on any atom is 0.131 e. The fourth-order valence-electron chi connectivity index (χ4n) is 2.85. The van der Waals surface area contributed by atoms with Crippen molar-refractivity contribution < 1.29 is 9.84 Å². The van der Waals surface area contributed by atoms with Gasteiger partial charge in [0, 0.05) is 36.6 Å². The molecule has 0 spiro atoms. The predicted octanol–water partition coefficient (Wildman–Crippen LogP) is 2.60. The van der Waals surface area contributed by atoms with Gasteiger partial charge in [0.2, 0.25) is 0 Å². The highest BCUT2D eigenvalue weighted by Crippen LogP contribution is 2.19. The molecule has 3 heterocycles. The van der Waals surface area contributed by atoms with Crippen molar-refractivity contribution in [2.75, 3.05) is 19.7 Å². The number of aliphatic hydroxyl groups excluding tert-OH is 1. The van der Waals surface area contributed by atoms with Crippen LogP contribution in [0.3, 0.4) is 0 Å². The first-order chi connectivity index (χ1) is 11.6. The third-order valence-corrected chi connectivity index (χ3v) is 5.01. The molecule has 2 aromatic rings. The molecular weight excluding hydrogens is 322 g/mol. The van der Waals surface area contributed by atoms with Crippen LogP contribution in [0.4, 0.5) is 0 Å². The predicted molar refractivity (Wildman–Crippen MR) is 95.1 cm³/mol. The summed E-state index contributed by atoms with van der Waals surface area (Å²) in [6.45, 7) is 7.47. The first-order valence-electron chi connectivity index (χ1n) is 8.47. The third kappa shape index (κ3) is 4.60. The molecule has 0 amide bonds. The summed E-state index contributed by atoms with van der Waals surface area (Å²) in [6.07, 6.45) is 2.43. The van der Waals surface area contributed by atoms with E-state index >= 15 is 0 Å². The monoisotopic (exact) mass is 347 g/mol. The molecule has 1 N–H and O–H groups in total. The SMILES string of the molecule is CC(C)c1ncc2c(n1)CN(C[C@H](O)COCc1cccs1)CC2. The lowest BCUT2D eigenvalue weighted by Crippen LogP contribution is -2.38. The van der Waals surface area contributed by atoms with Crippen molar-refractivity contribution in [2.45, 2.75) is 45.4 Å². The van der Waals surface area contributed by atoms with Gasteiger partial charge in [-0.1, -0.05) is 19.9 Å². The quantitative estimate of drug-likeness (QED) is 0.834. The van der Waals surface area contributed by atoms with Gasteiger partial charge >= 0.3 is 0 Å². The summed E-state index contributed by atoms with van der Waals surface area (Å²) in [6, 6.07) is 4.06. The van der Waals surface area contributed by atoms with Crippen molar-refractivity contribution in [3.63, 3.8) is 0 Å². The Morgan fingerprint density at radius 2 is 2.29 bits per heavy atom. The number of aliphatic hydroxyl groups is 1. The maximum atomic E-state index is 10.2. The normalized spacial score (nSPS) is 16.3. The van der Waals surface area contributed by atoms with Crippen molar-refractivity contribution in [3.05, 3.63) is 45.7 Å². The Morgan fingerprint density at radius 3 is 3.04 bits per heavy atom. The molecule has 1 aliphatic heterocycles. The number of thiophene rings is 1. The van der Waals surface area contributed by atoms with Crippen LogP contribution in [-0.4, -0.2) is 45.8 Å². The number of β-amino-alcohol motifs (C(OH)–C–C–N with tert-alkyl or cyclic N) is 1. The summed E-state index contributed by atoms with van der Waals surface area (Å²) in [4.78, 5) is 12.6. The smallest absolute Gasteiger partial charge is 0.131 e. The number of nitrogens with zero attached hydrogens (tertiary/aromatic N) is 3. The summed E-state index contributed by atoms with van der Waals surface area (Å²) in [5, 5.41) is 12.3. The van der Waals surface area contributed by atoms with Crippen molar-refractivity contribution in [3.8, 4) is 0 Å². The average molecular weight is 347 g/mol. The van der Waals surface area contributed by atoms with E-state index in [9.17, 15) is 5.11 Å². The minimum Gasteiger partial charge on any atom is -0.389 e. The molecule has 130 valence electrons. The second kappa shape index (κ2) is 8.16. The highest BCUT2D eigenvalue weighted by atomic mass is 32.1. The lowest BCUT2D eigenvalue weighted by Gasteiger charge is -2.29. The lowest BCUT2D eigenvalue weighted by molar-refractivity contribution is 0.00822. The second-order valence-electron chi connectivity index (χ2n) is 6.59. The molecule has 1 atom stereocenters. The molecule has 0 fully saturated rings. The number of hydrogen-bond donors (Lipinski definition) is 1. The zero-order valence-corrected chi connectivity index (χ0v) is 15.1. The van der Waals surface area contributed by atoms with Crippen LogP contribution in [0, 0.1) is 0 Å². The van der Waals surface area contributed by atoms with Gasteiger partial charge in [0.25, 0.3) is 0 Å². The van der Waals surface area contributed by atoms with Crippen molar-refractivity contribution in [2.24, 2.45) is 0 Å². The Labute approximate surface area is 147 Å². The van der Waals surface area contributed by atoms with Gasteiger partial charge in [-0.15, -0.1) is 11.3 Å². The second-order valence-corrected chi connectivity index (χ2v) is 7.62. The van der Waals surface area contributed by atoms with Gasteiger partial charge in [-0.3, -0.25) is 4.90 Å². The van der Waals surface area contributed by atoms with E-state index < -0.39 is 6.10 Å². The van der Waals surface area contributed by atoms with E-state index in [2.05, 4.69) is 23.7 Å². The minimum atomic E-state index is -0.474. The Morgan fingerprint density at radius 1 is 1.42 bits per heavy atom. The van der Waals surface area contributed by atoms with E-state index in [0.717, 1.165) is 31.0 Å². The molecule has 0 radical (unpaired) electrons. The molecule has 0 aliphatic carbocycles. The van der Waals surface area contributed by atoms with Crippen LogP contribution in [0.5, 0.6) is 0 Å². The van der Waals surface area contributed by atoms with Crippen molar-refractivity contribution in [1.82, 2.24) is 14.9 Å². The van der Waals surface area contributed by atoms with Crippen LogP contribution < -0.4 is 0 Å². The van der Waals surface area contributed by atoms with Gasteiger partial charge in [0.15, 0.2) is 0 Å². The van der Waals surface area contributed by atoms with Gasteiger partial charge in [-0.2, -0.15) is 0 Å². The minimum absolute atomic E-state index is 0.335. The Kier molecular flexibility index (Phi) is 5.94. The van der Waals surface area contributed by atoms with Crippen LogP contribution >= 0.6 is 11.3 Å². The first-order valence-corrected chi connectivity index (χ1v) is 9.35. The lowest BCUT2D eigenvalue weighted by atomic mass is 10.1. The Bertz CT molecular complexity index is 646. The van der Waals surface area contributed by atoms with Crippen LogP contribution in [-0.2, 0) is 24.3 Å². The van der Waals surface area contributed by atoms with Gasteiger partial charge in [0.1, 0.15) is 5.82 Å². The number of ether oxygens (including phenoxy) is 1. The molecule has 1 aliphatic rings. The van der Waals surface area contributed by atoms with Crippen LogP contribution in [0.1, 0.15) is 41.7 Å². The first kappa shape index (κ1) is 17.5. The van der Waals surface area contributed by atoms with E-state index in [0.29, 0.717) is 25.7 Å². The number of rotatable bonds is 7. The van der Waals surface area contributed by atoms with Gasteiger partial charge in [-0.05, 0) is 23.4 Å². The Hall–Kier alpha value is -1.34. The summed E-state index contributed by atoms with van der Waals surface area (Å²) >= 11 is 1.67. The van der Waals surface area contributed by atoms with Gasteiger partial charge < -0.3 is 9.84 Å². The van der Waals surface area contributed by atoms with Crippen molar-refractivity contribution in [1.29, 1.82) is 0 Å². The molecule has 0 unspecified atom stereocenters. The third-order valence-electron chi connectivity index (χ3n) is 4.16. The van der Waals surface area contributed by atoms with Crippen LogP contribution in [0.15, 0.2) is 23.7 Å².